The van der Waals surface area contributed by atoms with Crippen molar-refractivity contribution in [2.24, 2.45) is 34.5 Å². The van der Waals surface area contributed by atoms with Crippen molar-refractivity contribution in [3.05, 3.63) is 53.1 Å². The van der Waals surface area contributed by atoms with Crippen LogP contribution in [0.25, 0.3) is 6.08 Å². The van der Waals surface area contributed by atoms with Gasteiger partial charge in [0, 0.05) is 5.92 Å². The van der Waals surface area contributed by atoms with Gasteiger partial charge in [0.15, 0.2) is 5.78 Å². The third-order valence-electron chi connectivity index (χ3n) is 10.0. The highest BCUT2D eigenvalue weighted by Gasteiger charge is 2.59. The Labute approximate surface area is 187 Å². The van der Waals surface area contributed by atoms with E-state index < -0.39 is 0 Å². The molecule has 0 radical (unpaired) electrons. The van der Waals surface area contributed by atoms with Crippen LogP contribution in [-0.4, -0.2) is 17.0 Å². The topological polar surface area (TPSA) is 37.3 Å². The van der Waals surface area contributed by atoms with Gasteiger partial charge in [-0.25, -0.2) is 0 Å². The van der Waals surface area contributed by atoms with E-state index >= 15 is 0 Å². The van der Waals surface area contributed by atoms with E-state index in [1.807, 2.05) is 24.3 Å². The van der Waals surface area contributed by atoms with Crippen LogP contribution in [0.4, 0.5) is 0 Å². The second-order valence-electron chi connectivity index (χ2n) is 11.4. The summed E-state index contributed by atoms with van der Waals surface area (Å²) in [5.41, 5.74) is 4.32. The van der Waals surface area contributed by atoms with Crippen molar-refractivity contribution < 1.29 is 9.90 Å². The highest BCUT2D eigenvalue weighted by molar-refractivity contribution is 5.96. The molecule has 0 saturated heterocycles. The van der Waals surface area contributed by atoms with Crippen LogP contribution in [0.3, 0.4) is 0 Å². The Bertz CT molecular complexity index is 926. The lowest BCUT2D eigenvalue weighted by Crippen LogP contribution is -2.50. The number of benzene rings is 1. The first-order valence-corrected chi connectivity index (χ1v) is 12.5. The van der Waals surface area contributed by atoms with Gasteiger partial charge in [0.2, 0.25) is 0 Å². The Morgan fingerprint density at radius 1 is 1.06 bits per heavy atom. The molecular formula is C29H38O2. The zero-order valence-corrected chi connectivity index (χ0v) is 19.4. The Balaban J connectivity index is 1.37. The van der Waals surface area contributed by atoms with Crippen molar-refractivity contribution in [1.29, 1.82) is 0 Å². The molecule has 4 aliphatic carbocycles. The summed E-state index contributed by atoms with van der Waals surface area (Å²) >= 11 is 0. The molecule has 3 saturated carbocycles. The van der Waals surface area contributed by atoms with Gasteiger partial charge in [-0.1, -0.05) is 55.8 Å². The van der Waals surface area contributed by atoms with Crippen molar-refractivity contribution in [2.45, 2.75) is 78.2 Å². The van der Waals surface area contributed by atoms with E-state index in [4.69, 9.17) is 0 Å². The van der Waals surface area contributed by atoms with Crippen molar-refractivity contribution in [3.63, 3.8) is 0 Å². The van der Waals surface area contributed by atoms with E-state index in [0.717, 1.165) is 43.6 Å². The van der Waals surface area contributed by atoms with Crippen LogP contribution in [-0.2, 0) is 4.79 Å². The van der Waals surface area contributed by atoms with Gasteiger partial charge in [0.1, 0.15) is 0 Å². The maximum atomic E-state index is 13.4. The van der Waals surface area contributed by atoms with E-state index in [0.29, 0.717) is 17.6 Å². The van der Waals surface area contributed by atoms with Gasteiger partial charge in [0.05, 0.1) is 6.10 Å². The molecule has 0 bridgehead atoms. The van der Waals surface area contributed by atoms with Crippen LogP contribution < -0.4 is 0 Å². The van der Waals surface area contributed by atoms with Crippen LogP contribution >= 0.6 is 0 Å². The largest absolute Gasteiger partial charge is 0.393 e. The second-order valence-corrected chi connectivity index (χ2v) is 11.4. The SMILES string of the molecule is Cc1ccccc1/C=C/C(=O)[C@H]1CC[C@H]2[C@@H]3CC=C4C[C@@H](O)CC[C@]4(C)[C@H]3CC[C@]12C. The number of aryl methyl sites for hydroxylation is 1. The normalized spacial score (nSPS) is 41.9. The lowest BCUT2D eigenvalue weighted by atomic mass is 9.47. The molecule has 2 nitrogen and oxygen atoms in total. The predicted molar refractivity (Wildman–Crippen MR) is 126 cm³/mol. The molecule has 4 aliphatic rings. The van der Waals surface area contributed by atoms with Gasteiger partial charge in [-0.2, -0.15) is 0 Å². The van der Waals surface area contributed by atoms with Gasteiger partial charge < -0.3 is 5.11 Å². The van der Waals surface area contributed by atoms with E-state index in [-0.39, 0.29) is 22.9 Å². The highest BCUT2D eigenvalue weighted by Crippen LogP contribution is 2.66. The Kier molecular flexibility index (Phi) is 5.28. The van der Waals surface area contributed by atoms with Gasteiger partial charge in [0.25, 0.3) is 0 Å². The number of allylic oxidation sites excluding steroid dienone is 2. The number of hydrogen-bond donors (Lipinski definition) is 1. The number of aliphatic hydroxyl groups is 1. The molecule has 0 amide bonds. The molecule has 0 aromatic heterocycles. The molecule has 5 rings (SSSR count). The molecule has 1 aromatic carbocycles. The van der Waals surface area contributed by atoms with E-state index in [1.54, 1.807) is 0 Å². The van der Waals surface area contributed by atoms with Crippen molar-refractivity contribution in [2.75, 3.05) is 0 Å². The predicted octanol–water partition coefficient (Wildman–Crippen LogP) is 6.52. The first kappa shape index (κ1) is 21.2. The number of aliphatic hydroxyl groups excluding tert-OH is 1. The molecule has 3 fully saturated rings. The fourth-order valence-electron chi connectivity index (χ4n) is 8.17. The molecule has 0 aliphatic heterocycles. The number of hydrogen-bond acceptors (Lipinski definition) is 2. The minimum Gasteiger partial charge on any atom is -0.393 e. The Hall–Kier alpha value is -1.67. The van der Waals surface area contributed by atoms with Gasteiger partial charge in [-0.3, -0.25) is 4.79 Å². The molecule has 0 unspecified atom stereocenters. The van der Waals surface area contributed by atoms with Crippen LogP contribution in [0.2, 0.25) is 0 Å². The highest BCUT2D eigenvalue weighted by atomic mass is 16.3. The summed E-state index contributed by atoms with van der Waals surface area (Å²) in [7, 11) is 0. The quantitative estimate of drug-likeness (QED) is 0.448. The third kappa shape index (κ3) is 3.37. The summed E-state index contributed by atoms with van der Waals surface area (Å²) in [6.45, 7) is 7.01. The second kappa shape index (κ2) is 7.73. The minimum absolute atomic E-state index is 0.141. The summed E-state index contributed by atoms with van der Waals surface area (Å²) < 4.78 is 0. The summed E-state index contributed by atoms with van der Waals surface area (Å²) in [5.74, 6) is 2.61. The molecule has 31 heavy (non-hydrogen) atoms. The van der Waals surface area contributed by atoms with Crippen LogP contribution in [0, 0.1) is 41.4 Å². The molecule has 166 valence electrons. The molecule has 0 spiro atoms. The fourth-order valence-corrected chi connectivity index (χ4v) is 8.17. The number of ketones is 1. The lowest BCUT2D eigenvalue weighted by Gasteiger charge is -2.57. The summed E-state index contributed by atoms with van der Waals surface area (Å²) in [4.78, 5) is 13.4. The van der Waals surface area contributed by atoms with Gasteiger partial charge in [-0.15, -0.1) is 0 Å². The standard InChI is InChI=1S/C29H38O2/c1-19-6-4-5-7-20(19)8-13-27(31)26-12-11-24-23-10-9-21-18-22(30)14-16-28(21,2)25(23)15-17-29(24,26)3/h4-9,13,22-26,30H,10-12,14-18H2,1-3H3/b13-8+/t22-,23-,24-,25-,26+,28-,29-/m0/s1. The maximum absolute atomic E-state index is 13.4. The summed E-state index contributed by atoms with van der Waals surface area (Å²) in [5, 5.41) is 10.2. The van der Waals surface area contributed by atoms with E-state index in [9.17, 15) is 9.90 Å². The minimum atomic E-state index is -0.141. The van der Waals surface area contributed by atoms with Crippen LogP contribution in [0.5, 0.6) is 0 Å². The van der Waals surface area contributed by atoms with Crippen LogP contribution in [0.15, 0.2) is 42.0 Å². The third-order valence-corrected chi connectivity index (χ3v) is 10.0. The fraction of sp³-hybridized carbons (Fsp3) is 0.621. The Morgan fingerprint density at radius 3 is 2.68 bits per heavy atom. The average molecular weight is 419 g/mol. The molecule has 7 atom stereocenters. The number of rotatable bonds is 3. The molecule has 2 heteroatoms. The van der Waals surface area contributed by atoms with Crippen molar-refractivity contribution >= 4 is 11.9 Å². The van der Waals surface area contributed by atoms with E-state index in [2.05, 4.69) is 39.0 Å². The molecule has 1 aromatic rings. The van der Waals surface area contributed by atoms with Crippen molar-refractivity contribution in [3.8, 4) is 0 Å². The molecule has 1 N–H and O–H groups in total. The average Bonchev–Trinajstić information content (AvgIpc) is 3.11. The smallest absolute Gasteiger partial charge is 0.159 e. The number of carbonyl (C=O) groups is 1. The first-order chi connectivity index (χ1) is 14.8. The monoisotopic (exact) mass is 418 g/mol. The number of fused-ring (bicyclic) bond motifs is 5. The zero-order chi connectivity index (χ0) is 21.8. The number of carbonyl (C=O) groups excluding carboxylic acids is 1. The molecular weight excluding hydrogens is 380 g/mol. The lowest BCUT2D eigenvalue weighted by molar-refractivity contribution is -0.124. The maximum Gasteiger partial charge on any atom is 0.159 e. The Morgan fingerprint density at radius 2 is 1.87 bits per heavy atom. The summed E-state index contributed by atoms with van der Waals surface area (Å²) in [6, 6.07) is 8.29. The summed E-state index contributed by atoms with van der Waals surface area (Å²) in [6.07, 6.45) is 15.0. The van der Waals surface area contributed by atoms with E-state index in [1.165, 1.54) is 30.4 Å². The van der Waals surface area contributed by atoms with Gasteiger partial charge >= 0.3 is 0 Å². The first-order valence-electron chi connectivity index (χ1n) is 12.5. The van der Waals surface area contributed by atoms with Crippen LogP contribution in [0.1, 0.15) is 76.3 Å². The van der Waals surface area contributed by atoms with Gasteiger partial charge in [-0.05, 0) is 104 Å². The zero-order valence-electron chi connectivity index (χ0n) is 19.4. The van der Waals surface area contributed by atoms with Crippen molar-refractivity contribution in [1.82, 2.24) is 0 Å². The molecule has 0 heterocycles.